The van der Waals surface area contributed by atoms with Gasteiger partial charge in [0.25, 0.3) is 0 Å². The van der Waals surface area contributed by atoms with Crippen LogP contribution in [-0.2, 0) is 0 Å². The Labute approximate surface area is 104 Å². The van der Waals surface area contributed by atoms with Gasteiger partial charge in [0, 0.05) is 10.3 Å². The Kier molecular flexibility index (Phi) is 2.65. The lowest BCUT2D eigenvalue weighted by Gasteiger charge is -2.02. The summed E-state index contributed by atoms with van der Waals surface area (Å²) in [7, 11) is 0. The second kappa shape index (κ2) is 4.30. The van der Waals surface area contributed by atoms with Crippen molar-refractivity contribution in [2.45, 2.75) is 16.7 Å². The van der Waals surface area contributed by atoms with Gasteiger partial charge < -0.3 is 4.42 Å². The molecular formula is C15H12OS. The second-order valence-electron chi connectivity index (χ2n) is 3.97. The summed E-state index contributed by atoms with van der Waals surface area (Å²) in [6.07, 6.45) is 1.82. The average molecular weight is 240 g/mol. The van der Waals surface area contributed by atoms with Gasteiger partial charge in [0.05, 0.1) is 11.2 Å². The monoisotopic (exact) mass is 240 g/mol. The number of fused-ring (bicyclic) bond motifs is 1. The maximum absolute atomic E-state index is 5.63. The molecule has 1 aromatic heterocycles. The van der Waals surface area contributed by atoms with Crippen LogP contribution in [0, 0.1) is 6.92 Å². The molecule has 3 aromatic rings. The average Bonchev–Trinajstić information content (AvgIpc) is 2.74. The lowest BCUT2D eigenvalue weighted by Crippen LogP contribution is -1.75. The molecule has 0 fully saturated rings. The first-order valence-electron chi connectivity index (χ1n) is 5.54. The molecule has 3 rings (SSSR count). The van der Waals surface area contributed by atoms with Crippen LogP contribution < -0.4 is 0 Å². The van der Waals surface area contributed by atoms with Crippen molar-refractivity contribution in [1.29, 1.82) is 0 Å². The lowest BCUT2D eigenvalue weighted by molar-refractivity contribution is 0.606. The number of aryl methyl sites for hydroxylation is 1. The largest absolute Gasteiger partial charge is 0.463 e. The van der Waals surface area contributed by atoms with Gasteiger partial charge in [-0.2, -0.15) is 0 Å². The summed E-state index contributed by atoms with van der Waals surface area (Å²) in [6, 6.07) is 16.6. The van der Waals surface area contributed by atoms with Gasteiger partial charge in [-0.3, -0.25) is 0 Å². The highest BCUT2D eigenvalue weighted by Gasteiger charge is 2.07. The van der Waals surface area contributed by atoms with E-state index in [-0.39, 0.29) is 0 Å². The highest BCUT2D eigenvalue weighted by molar-refractivity contribution is 7.99. The molecule has 2 aromatic carbocycles. The van der Waals surface area contributed by atoms with Crippen molar-refractivity contribution in [3.05, 3.63) is 60.4 Å². The summed E-state index contributed by atoms with van der Waals surface area (Å²) >= 11 is 1.74. The maximum atomic E-state index is 5.63. The van der Waals surface area contributed by atoms with Crippen molar-refractivity contribution in [2.75, 3.05) is 0 Å². The van der Waals surface area contributed by atoms with Crippen LogP contribution in [0.1, 0.15) is 5.56 Å². The molecule has 0 spiro atoms. The van der Waals surface area contributed by atoms with Crippen LogP contribution in [0.3, 0.4) is 0 Å². The Bertz CT molecular complexity index is 640. The van der Waals surface area contributed by atoms with E-state index >= 15 is 0 Å². The number of furan rings is 1. The van der Waals surface area contributed by atoms with Crippen molar-refractivity contribution in [3.63, 3.8) is 0 Å². The Morgan fingerprint density at radius 2 is 1.76 bits per heavy atom. The molecule has 84 valence electrons. The highest BCUT2D eigenvalue weighted by Crippen LogP contribution is 2.34. The van der Waals surface area contributed by atoms with Crippen LogP contribution >= 0.6 is 11.8 Å². The van der Waals surface area contributed by atoms with Gasteiger partial charge in [-0.25, -0.2) is 0 Å². The van der Waals surface area contributed by atoms with E-state index in [0.29, 0.717) is 0 Å². The zero-order valence-electron chi connectivity index (χ0n) is 9.51. The SMILES string of the molecule is Cc1coc2c(Sc3ccccc3)cccc12. The molecule has 0 atom stereocenters. The van der Waals surface area contributed by atoms with E-state index in [1.54, 1.807) is 11.8 Å². The second-order valence-corrected chi connectivity index (χ2v) is 5.08. The van der Waals surface area contributed by atoms with Gasteiger partial charge >= 0.3 is 0 Å². The minimum absolute atomic E-state index is 0.985. The topological polar surface area (TPSA) is 13.1 Å². The fourth-order valence-corrected chi connectivity index (χ4v) is 2.80. The van der Waals surface area contributed by atoms with Crippen molar-refractivity contribution in [2.24, 2.45) is 0 Å². The van der Waals surface area contributed by atoms with Crippen LogP contribution in [0.4, 0.5) is 0 Å². The summed E-state index contributed by atoms with van der Waals surface area (Å²) in [5, 5.41) is 1.20. The molecule has 1 nitrogen and oxygen atoms in total. The van der Waals surface area contributed by atoms with Crippen LogP contribution in [0.25, 0.3) is 11.0 Å². The third-order valence-corrected chi connectivity index (χ3v) is 3.78. The van der Waals surface area contributed by atoms with E-state index in [9.17, 15) is 0 Å². The molecule has 0 radical (unpaired) electrons. The summed E-state index contributed by atoms with van der Waals surface area (Å²) in [6.45, 7) is 2.07. The normalized spacial score (nSPS) is 10.9. The van der Waals surface area contributed by atoms with Crippen LogP contribution in [0.15, 0.2) is 69.0 Å². The number of hydrogen-bond acceptors (Lipinski definition) is 2. The summed E-state index contributed by atoms with van der Waals surface area (Å²) in [5.74, 6) is 0. The van der Waals surface area contributed by atoms with Gasteiger partial charge in [-0.1, -0.05) is 42.1 Å². The van der Waals surface area contributed by atoms with Gasteiger partial charge in [0.1, 0.15) is 5.58 Å². The quantitative estimate of drug-likeness (QED) is 0.632. The summed E-state index contributed by atoms with van der Waals surface area (Å²) in [5.41, 5.74) is 2.18. The van der Waals surface area contributed by atoms with Gasteiger partial charge in [0.15, 0.2) is 0 Å². The first kappa shape index (κ1) is 10.5. The predicted octanol–water partition coefficient (Wildman–Crippen LogP) is 4.89. The third-order valence-electron chi connectivity index (χ3n) is 2.73. The van der Waals surface area contributed by atoms with E-state index in [2.05, 4.69) is 49.4 Å². The maximum Gasteiger partial charge on any atom is 0.148 e. The van der Waals surface area contributed by atoms with Gasteiger partial charge in [-0.15, -0.1) is 0 Å². The van der Waals surface area contributed by atoms with Crippen molar-refractivity contribution >= 4 is 22.7 Å². The highest BCUT2D eigenvalue weighted by atomic mass is 32.2. The van der Waals surface area contributed by atoms with Crippen LogP contribution in [0.2, 0.25) is 0 Å². The van der Waals surface area contributed by atoms with E-state index < -0.39 is 0 Å². The number of benzene rings is 2. The van der Waals surface area contributed by atoms with Gasteiger partial charge in [0.2, 0.25) is 0 Å². The number of para-hydroxylation sites is 1. The summed E-state index contributed by atoms with van der Waals surface area (Å²) < 4.78 is 5.63. The smallest absolute Gasteiger partial charge is 0.148 e. The standard InChI is InChI=1S/C15H12OS/c1-11-10-16-15-13(11)8-5-9-14(15)17-12-6-3-2-4-7-12/h2-10H,1H3. The zero-order valence-corrected chi connectivity index (χ0v) is 10.3. The number of hydrogen-bond donors (Lipinski definition) is 0. The Morgan fingerprint density at radius 1 is 0.941 bits per heavy atom. The van der Waals surface area contributed by atoms with Gasteiger partial charge in [-0.05, 0) is 30.7 Å². The molecule has 0 amide bonds. The molecular weight excluding hydrogens is 228 g/mol. The van der Waals surface area contributed by atoms with Crippen molar-refractivity contribution in [1.82, 2.24) is 0 Å². The molecule has 1 heterocycles. The summed E-state index contributed by atoms with van der Waals surface area (Å²) in [4.78, 5) is 2.40. The van der Waals surface area contributed by atoms with E-state index in [4.69, 9.17) is 4.42 Å². The first-order valence-corrected chi connectivity index (χ1v) is 6.36. The van der Waals surface area contributed by atoms with Crippen LogP contribution in [0.5, 0.6) is 0 Å². The molecule has 0 saturated heterocycles. The molecule has 0 bridgehead atoms. The first-order chi connectivity index (χ1) is 8.34. The molecule has 0 unspecified atom stereocenters. The predicted molar refractivity (Wildman–Crippen MR) is 71.5 cm³/mol. The molecule has 2 heteroatoms. The van der Waals surface area contributed by atoms with Crippen molar-refractivity contribution in [3.8, 4) is 0 Å². The fraction of sp³-hybridized carbons (Fsp3) is 0.0667. The lowest BCUT2D eigenvalue weighted by atomic mass is 10.2. The molecule has 0 N–H and O–H groups in total. The van der Waals surface area contributed by atoms with Crippen LogP contribution in [-0.4, -0.2) is 0 Å². The van der Waals surface area contributed by atoms with E-state index in [1.165, 1.54) is 20.7 Å². The Hall–Kier alpha value is -1.67. The van der Waals surface area contributed by atoms with E-state index in [0.717, 1.165) is 5.58 Å². The molecule has 17 heavy (non-hydrogen) atoms. The van der Waals surface area contributed by atoms with Crippen molar-refractivity contribution < 1.29 is 4.42 Å². The minimum Gasteiger partial charge on any atom is -0.463 e. The fourth-order valence-electron chi connectivity index (χ4n) is 1.85. The molecule has 0 aliphatic heterocycles. The Balaban J connectivity index is 2.06. The molecule has 0 aliphatic rings. The third kappa shape index (κ3) is 1.96. The Morgan fingerprint density at radius 3 is 2.59 bits per heavy atom. The molecule has 0 aliphatic carbocycles. The zero-order chi connectivity index (χ0) is 11.7. The van der Waals surface area contributed by atoms with E-state index in [1.807, 2.05) is 12.3 Å². The molecule has 0 saturated carbocycles. The minimum atomic E-state index is 0.985. The number of rotatable bonds is 2.